The second-order valence-corrected chi connectivity index (χ2v) is 10.2. The number of nitrogens with one attached hydrogen (secondary N) is 1. The SMILES string of the molecule is O=C(C=Cc1ccccc1)Nc1cc(O)cc(O)c1C1C(O)C(c2c(O)cc(O)cc2N=CO/C=C\c2ccccc2)C1O. The maximum absolute atomic E-state index is 12.7. The van der Waals surface area contributed by atoms with Crippen molar-refractivity contribution in [3.8, 4) is 23.0 Å². The van der Waals surface area contributed by atoms with E-state index in [0.29, 0.717) is 0 Å². The normalized spacial score (nSPS) is 19.8. The van der Waals surface area contributed by atoms with Crippen LogP contribution in [0.15, 0.2) is 102 Å². The van der Waals surface area contributed by atoms with E-state index >= 15 is 0 Å². The molecule has 0 aliphatic heterocycles. The van der Waals surface area contributed by atoms with E-state index in [0.717, 1.165) is 29.7 Å². The number of hydrogen-bond acceptors (Lipinski definition) is 9. The van der Waals surface area contributed by atoms with Gasteiger partial charge < -0.3 is 40.7 Å². The third-order valence-corrected chi connectivity index (χ3v) is 7.28. The highest BCUT2D eigenvalue weighted by molar-refractivity contribution is 6.02. The molecular weight excluding hydrogens is 564 g/mol. The van der Waals surface area contributed by atoms with E-state index in [4.69, 9.17) is 4.74 Å². The number of carbonyl (C=O) groups excluding carboxylic acids is 1. The molecule has 4 aromatic rings. The topological polar surface area (TPSA) is 172 Å². The Morgan fingerprint density at radius 1 is 0.727 bits per heavy atom. The molecule has 224 valence electrons. The molecule has 2 unspecified atom stereocenters. The summed E-state index contributed by atoms with van der Waals surface area (Å²) >= 11 is 0. The molecule has 1 fully saturated rings. The van der Waals surface area contributed by atoms with Gasteiger partial charge in [0, 0.05) is 53.3 Å². The number of phenolic OH excluding ortho intramolecular Hbond substituents is 4. The van der Waals surface area contributed by atoms with Gasteiger partial charge in [-0.05, 0) is 23.3 Å². The van der Waals surface area contributed by atoms with Crippen LogP contribution >= 0.6 is 0 Å². The number of carbonyl (C=O) groups is 1. The van der Waals surface area contributed by atoms with E-state index < -0.39 is 41.4 Å². The molecule has 2 atom stereocenters. The molecule has 1 aliphatic carbocycles. The molecule has 7 N–H and O–H groups in total. The Hall–Kier alpha value is -5.58. The Balaban J connectivity index is 1.38. The summed E-state index contributed by atoms with van der Waals surface area (Å²) in [6, 6.07) is 23.0. The highest BCUT2D eigenvalue weighted by Gasteiger charge is 2.53. The maximum atomic E-state index is 12.7. The molecule has 10 heteroatoms. The van der Waals surface area contributed by atoms with Crippen molar-refractivity contribution >= 4 is 35.8 Å². The molecule has 1 aliphatic rings. The fraction of sp³-hybridized carbons (Fsp3) is 0.118. The van der Waals surface area contributed by atoms with Crippen LogP contribution in [0.2, 0.25) is 0 Å². The maximum Gasteiger partial charge on any atom is 0.248 e. The number of aromatic hydroxyl groups is 4. The summed E-state index contributed by atoms with van der Waals surface area (Å²) in [5.74, 6) is -4.32. The van der Waals surface area contributed by atoms with Crippen LogP contribution in [-0.2, 0) is 9.53 Å². The fourth-order valence-corrected chi connectivity index (χ4v) is 5.24. The lowest BCUT2D eigenvalue weighted by Crippen LogP contribution is -2.52. The Labute approximate surface area is 252 Å². The first-order valence-electron chi connectivity index (χ1n) is 13.6. The van der Waals surface area contributed by atoms with E-state index in [9.17, 15) is 35.4 Å². The van der Waals surface area contributed by atoms with Crippen molar-refractivity contribution in [3.05, 3.63) is 120 Å². The quantitative estimate of drug-likeness (QED) is 0.0606. The van der Waals surface area contributed by atoms with Crippen molar-refractivity contribution in [2.75, 3.05) is 5.32 Å². The number of benzene rings is 4. The first kappa shape index (κ1) is 29.9. The average Bonchev–Trinajstić information content (AvgIpc) is 3.00. The van der Waals surface area contributed by atoms with Crippen LogP contribution in [0, 0.1) is 0 Å². The molecule has 5 rings (SSSR count). The second-order valence-electron chi connectivity index (χ2n) is 10.2. The van der Waals surface area contributed by atoms with Gasteiger partial charge in [0.25, 0.3) is 0 Å². The van der Waals surface area contributed by atoms with Gasteiger partial charge in [-0.15, -0.1) is 0 Å². The van der Waals surface area contributed by atoms with Crippen molar-refractivity contribution in [1.29, 1.82) is 0 Å². The van der Waals surface area contributed by atoms with Gasteiger partial charge in [-0.2, -0.15) is 0 Å². The molecule has 1 amide bonds. The van der Waals surface area contributed by atoms with Crippen molar-refractivity contribution in [2.24, 2.45) is 4.99 Å². The van der Waals surface area contributed by atoms with Gasteiger partial charge in [-0.1, -0.05) is 60.7 Å². The van der Waals surface area contributed by atoms with Crippen molar-refractivity contribution < 1.29 is 40.2 Å². The van der Waals surface area contributed by atoms with Crippen molar-refractivity contribution in [2.45, 2.75) is 24.0 Å². The summed E-state index contributed by atoms with van der Waals surface area (Å²) in [7, 11) is 0. The van der Waals surface area contributed by atoms with Crippen LogP contribution in [0.3, 0.4) is 0 Å². The third-order valence-electron chi connectivity index (χ3n) is 7.28. The van der Waals surface area contributed by atoms with Gasteiger partial charge in [0.05, 0.1) is 29.8 Å². The van der Waals surface area contributed by atoms with Gasteiger partial charge >= 0.3 is 0 Å². The molecule has 0 radical (unpaired) electrons. The van der Waals surface area contributed by atoms with E-state index in [1.54, 1.807) is 24.3 Å². The van der Waals surface area contributed by atoms with Gasteiger partial charge in [-0.3, -0.25) is 4.79 Å². The number of aliphatic hydroxyl groups is 2. The lowest BCUT2D eigenvalue weighted by Gasteiger charge is -2.47. The first-order chi connectivity index (χ1) is 21.2. The number of anilines is 1. The number of ether oxygens (including phenoxy) is 1. The second kappa shape index (κ2) is 13.2. The summed E-state index contributed by atoms with van der Waals surface area (Å²) in [6.07, 6.45) is 4.27. The van der Waals surface area contributed by atoms with E-state index in [1.807, 2.05) is 48.5 Å². The molecule has 44 heavy (non-hydrogen) atoms. The van der Waals surface area contributed by atoms with Crippen molar-refractivity contribution in [1.82, 2.24) is 0 Å². The van der Waals surface area contributed by atoms with E-state index in [1.165, 1.54) is 24.5 Å². The molecule has 1 saturated carbocycles. The highest BCUT2D eigenvalue weighted by Crippen LogP contribution is 2.56. The average molecular weight is 595 g/mol. The van der Waals surface area contributed by atoms with Gasteiger partial charge in [0.1, 0.15) is 23.0 Å². The zero-order valence-corrected chi connectivity index (χ0v) is 23.2. The van der Waals surface area contributed by atoms with Gasteiger partial charge in [0.2, 0.25) is 5.91 Å². The zero-order valence-electron chi connectivity index (χ0n) is 23.2. The van der Waals surface area contributed by atoms with Crippen LogP contribution in [-0.4, -0.2) is 55.2 Å². The summed E-state index contributed by atoms with van der Waals surface area (Å²) in [5, 5.41) is 66.8. The molecule has 0 spiro atoms. The number of aliphatic imine (C=N–C) groups is 1. The summed E-state index contributed by atoms with van der Waals surface area (Å²) in [6.45, 7) is 0. The lowest BCUT2D eigenvalue weighted by molar-refractivity contribution is -0.111. The van der Waals surface area contributed by atoms with Crippen LogP contribution in [0.4, 0.5) is 11.4 Å². The van der Waals surface area contributed by atoms with E-state index in [2.05, 4.69) is 10.3 Å². The minimum Gasteiger partial charge on any atom is -0.508 e. The third kappa shape index (κ3) is 6.57. The fourth-order valence-electron chi connectivity index (χ4n) is 5.24. The molecule has 4 aromatic carbocycles. The highest BCUT2D eigenvalue weighted by atomic mass is 16.5. The number of nitrogens with zero attached hydrogens (tertiary/aromatic N) is 1. The molecule has 0 heterocycles. The Kier molecular flexibility index (Phi) is 8.94. The molecular formula is C34H30N2O8. The lowest BCUT2D eigenvalue weighted by atomic mass is 9.62. The zero-order chi connectivity index (χ0) is 31.2. The monoisotopic (exact) mass is 594 g/mol. The van der Waals surface area contributed by atoms with Crippen molar-refractivity contribution in [3.63, 3.8) is 0 Å². The molecule has 0 saturated heterocycles. The van der Waals surface area contributed by atoms with E-state index in [-0.39, 0.29) is 34.0 Å². The summed E-state index contributed by atoms with van der Waals surface area (Å²) in [5.41, 5.74) is 1.73. The predicted octanol–water partition coefficient (Wildman–Crippen LogP) is 5.11. The van der Waals surface area contributed by atoms with Crippen LogP contribution in [0.25, 0.3) is 12.2 Å². The Bertz CT molecular complexity index is 1710. The first-order valence-corrected chi connectivity index (χ1v) is 13.6. The molecule has 0 aromatic heterocycles. The van der Waals surface area contributed by atoms with Crippen LogP contribution < -0.4 is 5.32 Å². The number of aliphatic hydroxyl groups excluding tert-OH is 2. The Morgan fingerprint density at radius 3 is 1.91 bits per heavy atom. The summed E-state index contributed by atoms with van der Waals surface area (Å²) < 4.78 is 5.32. The van der Waals surface area contributed by atoms with Crippen LogP contribution in [0.5, 0.6) is 23.0 Å². The predicted molar refractivity (Wildman–Crippen MR) is 166 cm³/mol. The minimum atomic E-state index is -1.38. The standard InChI is InChI=1S/C34H30N2O8/c37-22-15-24(35-19-44-14-13-21-9-5-2-6-10-21)29(26(39)17-22)31-33(42)32(34(31)43)30-25(16-23(38)18-27(30)40)36-28(41)12-11-20-7-3-1-4-8-20/h1-19,31-34,37-40,42-43H,(H,36,41)/b12-11?,14-13-,35-19?. The van der Waals surface area contributed by atoms with Crippen LogP contribution in [0.1, 0.15) is 34.1 Å². The molecule has 0 bridgehead atoms. The number of hydrogen-bond donors (Lipinski definition) is 7. The number of rotatable bonds is 9. The smallest absolute Gasteiger partial charge is 0.248 e. The number of phenols is 4. The molecule has 10 nitrogen and oxygen atoms in total. The van der Waals surface area contributed by atoms with Gasteiger partial charge in [0.15, 0.2) is 6.40 Å². The largest absolute Gasteiger partial charge is 0.508 e. The van der Waals surface area contributed by atoms with Gasteiger partial charge in [-0.25, -0.2) is 4.99 Å². The minimum absolute atomic E-state index is 0.00165. The number of amides is 1. The Morgan fingerprint density at radius 2 is 1.27 bits per heavy atom. The summed E-state index contributed by atoms with van der Waals surface area (Å²) in [4.78, 5) is 16.9.